The van der Waals surface area contributed by atoms with Gasteiger partial charge >= 0.3 is 5.69 Å². The molecular formula is C21H21N5O4. The topological polar surface area (TPSA) is 117 Å². The van der Waals surface area contributed by atoms with Crippen molar-refractivity contribution in [1.29, 1.82) is 0 Å². The number of H-pyrrole nitrogens is 1. The molecule has 9 heteroatoms. The summed E-state index contributed by atoms with van der Waals surface area (Å²) in [5.74, 6) is -0.412. The zero-order chi connectivity index (χ0) is 21.3. The highest BCUT2D eigenvalue weighted by Gasteiger charge is 2.28. The second kappa shape index (κ2) is 7.94. The van der Waals surface area contributed by atoms with Gasteiger partial charge in [-0.25, -0.2) is 4.79 Å². The van der Waals surface area contributed by atoms with Crippen molar-refractivity contribution in [2.24, 2.45) is 0 Å². The Morgan fingerprint density at radius 2 is 1.93 bits per heavy atom. The van der Waals surface area contributed by atoms with Crippen LogP contribution in [-0.2, 0) is 6.54 Å². The first kappa shape index (κ1) is 19.6. The lowest BCUT2D eigenvalue weighted by molar-refractivity contribution is 0.0783. The lowest BCUT2D eigenvalue weighted by Gasteiger charge is -2.17. The fraction of sp³-hybridized carbons (Fsp3) is 0.286. The molecule has 0 spiro atoms. The third-order valence-corrected chi connectivity index (χ3v) is 5.30. The second-order valence-electron chi connectivity index (χ2n) is 7.19. The fourth-order valence-corrected chi connectivity index (χ4v) is 3.69. The molecule has 1 aliphatic heterocycles. The SMILES string of the molecule is CCn1c(=O)[nH]c2cc(C(=O)NC3CCN(C(=O)c4ccncc4)C3)ccc2c1=O. The lowest BCUT2D eigenvalue weighted by atomic mass is 10.1. The Morgan fingerprint density at radius 3 is 2.67 bits per heavy atom. The minimum absolute atomic E-state index is 0.0929. The summed E-state index contributed by atoms with van der Waals surface area (Å²) in [5, 5.41) is 3.28. The Morgan fingerprint density at radius 1 is 1.17 bits per heavy atom. The summed E-state index contributed by atoms with van der Waals surface area (Å²) in [6.45, 7) is 2.95. The first-order valence-electron chi connectivity index (χ1n) is 9.75. The third kappa shape index (κ3) is 3.61. The largest absolute Gasteiger partial charge is 0.347 e. The quantitative estimate of drug-likeness (QED) is 0.662. The monoisotopic (exact) mass is 407 g/mol. The number of hydrogen-bond acceptors (Lipinski definition) is 5. The van der Waals surface area contributed by atoms with Gasteiger partial charge in [-0.1, -0.05) is 0 Å². The number of rotatable bonds is 4. The number of nitrogens with zero attached hydrogens (tertiary/aromatic N) is 3. The van der Waals surface area contributed by atoms with Gasteiger partial charge in [0.1, 0.15) is 0 Å². The minimum atomic E-state index is -0.506. The molecule has 9 nitrogen and oxygen atoms in total. The van der Waals surface area contributed by atoms with Crippen LogP contribution < -0.4 is 16.6 Å². The van der Waals surface area contributed by atoms with E-state index in [4.69, 9.17) is 0 Å². The standard InChI is InChI=1S/C21H21N5O4/c1-2-26-20(29)16-4-3-14(11-17(16)24-21(26)30)18(27)23-15-7-10-25(12-15)19(28)13-5-8-22-9-6-13/h3-6,8-9,11,15H,2,7,10,12H2,1H3,(H,23,27)(H,24,30). The number of pyridine rings is 1. The van der Waals surface area contributed by atoms with E-state index in [0.717, 1.165) is 4.57 Å². The molecule has 2 aromatic heterocycles. The number of aromatic nitrogens is 3. The second-order valence-corrected chi connectivity index (χ2v) is 7.19. The van der Waals surface area contributed by atoms with Crippen LogP contribution in [0, 0.1) is 0 Å². The van der Waals surface area contributed by atoms with Crippen LogP contribution in [-0.4, -0.2) is 50.4 Å². The highest BCUT2D eigenvalue weighted by Crippen LogP contribution is 2.15. The number of hydrogen-bond donors (Lipinski definition) is 2. The van der Waals surface area contributed by atoms with Gasteiger partial charge in [-0.15, -0.1) is 0 Å². The van der Waals surface area contributed by atoms with Crippen LogP contribution in [0.4, 0.5) is 0 Å². The number of fused-ring (bicyclic) bond motifs is 1. The molecule has 2 amide bonds. The number of nitrogens with one attached hydrogen (secondary N) is 2. The van der Waals surface area contributed by atoms with Gasteiger partial charge in [-0.3, -0.25) is 23.9 Å². The molecule has 154 valence electrons. The average molecular weight is 407 g/mol. The third-order valence-electron chi connectivity index (χ3n) is 5.30. The molecular weight excluding hydrogens is 386 g/mol. The van der Waals surface area contributed by atoms with Gasteiger partial charge < -0.3 is 15.2 Å². The van der Waals surface area contributed by atoms with E-state index in [9.17, 15) is 19.2 Å². The smallest absolute Gasteiger partial charge is 0.328 e. The van der Waals surface area contributed by atoms with Gasteiger partial charge in [-0.05, 0) is 43.7 Å². The zero-order valence-corrected chi connectivity index (χ0v) is 16.4. The molecule has 4 rings (SSSR count). The van der Waals surface area contributed by atoms with Crippen molar-refractivity contribution in [3.05, 3.63) is 74.7 Å². The van der Waals surface area contributed by atoms with Gasteiger partial charge in [0.25, 0.3) is 17.4 Å². The van der Waals surface area contributed by atoms with Crippen molar-refractivity contribution >= 4 is 22.7 Å². The van der Waals surface area contributed by atoms with Gasteiger partial charge in [0.15, 0.2) is 0 Å². The van der Waals surface area contributed by atoms with Crippen LogP contribution in [0.3, 0.4) is 0 Å². The summed E-state index contributed by atoms with van der Waals surface area (Å²) in [6.07, 6.45) is 3.79. The first-order chi connectivity index (χ1) is 14.5. The number of benzene rings is 1. The van der Waals surface area contributed by atoms with E-state index in [0.29, 0.717) is 41.5 Å². The Bertz CT molecular complexity index is 1230. The number of amides is 2. The summed E-state index contributed by atoms with van der Waals surface area (Å²) < 4.78 is 1.11. The maximum absolute atomic E-state index is 12.7. The van der Waals surface area contributed by atoms with E-state index >= 15 is 0 Å². The molecule has 2 N–H and O–H groups in total. The van der Waals surface area contributed by atoms with E-state index in [1.165, 1.54) is 6.07 Å². The van der Waals surface area contributed by atoms with Gasteiger partial charge in [0.2, 0.25) is 0 Å². The summed E-state index contributed by atoms with van der Waals surface area (Å²) in [5.41, 5.74) is 0.333. The van der Waals surface area contributed by atoms with E-state index in [1.54, 1.807) is 48.5 Å². The summed E-state index contributed by atoms with van der Waals surface area (Å²) in [4.78, 5) is 57.9. The highest BCUT2D eigenvalue weighted by molar-refractivity contribution is 5.98. The molecule has 30 heavy (non-hydrogen) atoms. The van der Waals surface area contributed by atoms with E-state index in [-0.39, 0.29) is 30.0 Å². The summed E-state index contributed by atoms with van der Waals surface area (Å²) in [7, 11) is 0. The lowest BCUT2D eigenvalue weighted by Crippen LogP contribution is -2.38. The van der Waals surface area contributed by atoms with E-state index in [2.05, 4.69) is 15.3 Å². The zero-order valence-electron chi connectivity index (χ0n) is 16.4. The predicted octanol–water partition coefficient (Wildman–Crippen LogP) is 0.749. The van der Waals surface area contributed by atoms with E-state index in [1.807, 2.05) is 0 Å². The Balaban J connectivity index is 1.48. The molecule has 1 aliphatic rings. The maximum Gasteiger partial charge on any atom is 0.328 e. The number of likely N-dealkylation sites (tertiary alicyclic amines) is 1. The molecule has 1 atom stereocenters. The van der Waals surface area contributed by atoms with Crippen LogP contribution in [0.5, 0.6) is 0 Å². The van der Waals surface area contributed by atoms with Gasteiger partial charge in [-0.2, -0.15) is 0 Å². The van der Waals surface area contributed by atoms with Crippen molar-refractivity contribution in [3.8, 4) is 0 Å². The molecule has 0 aliphatic carbocycles. The normalized spacial score (nSPS) is 16.0. The van der Waals surface area contributed by atoms with Crippen molar-refractivity contribution in [3.63, 3.8) is 0 Å². The van der Waals surface area contributed by atoms with Crippen LogP contribution in [0.1, 0.15) is 34.1 Å². The average Bonchev–Trinajstić information content (AvgIpc) is 3.22. The maximum atomic E-state index is 12.7. The summed E-state index contributed by atoms with van der Waals surface area (Å²) in [6, 6.07) is 7.76. The Kier molecular flexibility index (Phi) is 5.18. The van der Waals surface area contributed by atoms with Crippen LogP contribution in [0.15, 0.2) is 52.3 Å². The molecule has 0 radical (unpaired) electrons. The van der Waals surface area contributed by atoms with Crippen molar-refractivity contribution in [1.82, 2.24) is 24.8 Å². The first-order valence-corrected chi connectivity index (χ1v) is 9.75. The van der Waals surface area contributed by atoms with Crippen molar-refractivity contribution < 1.29 is 9.59 Å². The predicted molar refractivity (Wildman–Crippen MR) is 111 cm³/mol. The molecule has 1 fully saturated rings. The van der Waals surface area contributed by atoms with E-state index < -0.39 is 5.69 Å². The fourth-order valence-electron chi connectivity index (χ4n) is 3.69. The van der Waals surface area contributed by atoms with Crippen LogP contribution >= 0.6 is 0 Å². The minimum Gasteiger partial charge on any atom is -0.347 e. The van der Waals surface area contributed by atoms with Crippen molar-refractivity contribution in [2.45, 2.75) is 25.9 Å². The molecule has 1 aromatic carbocycles. The highest BCUT2D eigenvalue weighted by atomic mass is 16.2. The molecule has 1 saturated heterocycles. The van der Waals surface area contributed by atoms with Crippen LogP contribution in [0.2, 0.25) is 0 Å². The molecule has 0 saturated carbocycles. The van der Waals surface area contributed by atoms with Gasteiger partial charge in [0.05, 0.1) is 10.9 Å². The molecule has 3 aromatic rings. The van der Waals surface area contributed by atoms with Crippen LogP contribution in [0.25, 0.3) is 10.9 Å². The number of carbonyl (C=O) groups excluding carboxylic acids is 2. The Labute approximate surface area is 171 Å². The molecule has 1 unspecified atom stereocenters. The molecule has 0 bridgehead atoms. The molecule has 3 heterocycles. The van der Waals surface area contributed by atoms with Gasteiger partial charge in [0, 0.05) is 49.2 Å². The summed E-state index contributed by atoms with van der Waals surface area (Å²) >= 11 is 0. The number of aromatic amines is 1. The van der Waals surface area contributed by atoms with Crippen molar-refractivity contribution in [2.75, 3.05) is 13.1 Å². The Hall–Kier alpha value is -3.75. The number of carbonyl (C=O) groups is 2.